The number of rotatable bonds is 61. The van der Waals surface area contributed by atoms with Gasteiger partial charge < -0.3 is 128 Å². The highest BCUT2D eigenvalue weighted by Crippen LogP contribution is 2.52. The molecule has 0 bridgehead atoms. The van der Waals surface area contributed by atoms with Crippen LogP contribution in [0.25, 0.3) is 0 Å². The van der Waals surface area contributed by atoms with Crippen LogP contribution in [0, 0.1) is 17.3 Å². The third-order valence-electron chi connectivity index (χ3n) is 17.9. The molecule has 12 unspecified atom stereocenters. The Morgan fingerprint density at radius 3 is 1.11 bits per heavy atom. The minimum atomic E-state index is -5.09. The summed E-state index contributed by atoms with van der Waals surface area (Å²) < 4.78 is 170. The Labute approximate surface area is 631 Å². The third kappa shape index (κ3) is 37.7. The first-order chi connectivity index (χ1) is 51.0. The molecule has 4 aliphatic rings. The minimum Gasteiger partial charge on any atom is -0.394 e. The number of phosphoric ester groups is 4. The summed E-state index contributed by atoms with van der Waals surface area (Å²) in [5.74, 6) is -1.61. The first-order valence-electron chi connectivity index (χ1n) is 36.9. The zero-order valence-corrected chi connectivity index (χ0v) is 67.1. The van der Waals surface area contributed by atoms with Crippen LogP contribution in [0.1, 0.15) is 144 Å². The van der Waals surface area contributed by atoms with E-state index in [0.29, 0.717) is 77.0 Å². The summed E-state index contributed by atoms with van der Waals surface area (Å²) in [7, 11) is -22.9. The van der Waals surface area contributed by atoms with Crippen molar-refractivity contribution in [1.29, 1.82) is 0 Å². The van der Waals surface area contributed by atoms with Crippen molar-refractivity contribution in [3.8, 4) is 0 Å². The number of amides is 1. The molecule has 0 radical (unpaired) electrons. The standard InChI is InChI=1S/C63H124NO39P5/c1-43(2)104(75,76)103-48-34-44(3)99-52(48)38-97-108(83,84)98-42-63(39-85-22-19-31-94-105(77,78)91-28-16-10-7-13-25-88-60-45(4)54(69)56(71)49(35-65)100-60,40-86-23-20-32-95-106(79,80)92-29-17-11-8-14-26-89-61-46(5)55(70)57(72)50(36-66)101-61)41-87-24-21-33-96-107(81,82)93-30-18-12-9-15-27-90-62-53(64-47(6)68)59(74)58(73)51(37-67)102-62/h43-46,48-62,65-67,69-74H,7-42H2,1-6H3,(H,64,68)(H,75,76)(H,77,78)(H,79,80)(H,81,82)(H,83,84)/t44-,45?,46?,48-,49?,50?,51?,52?,53?,54+,55+,56-,57-,58-,59+,60+,61+,62+,63?/m0/s1. The fourth-order valence-corrected chi connectivity index (χ4v) is 15.5. The second-order valence-corrected chi connectivity index (χ2v) is 35.8. The summed E-state index contributed by atoms with van der Waals surface area (Å²) in [6.45, 7) is 3.62. The summed E-state index contributed by atoms with van der Waals surface area (Å²) in [6, 6.07) is -1.10. The van der Waals surface area contributed by atoms with Crippen molar-refractivity contribution in [2.45, 2.75) is 248 Å². The second kappa shape index (κ2) is 51.5. The largest absolute Gasteiger partial charge is 0.472 e. The van der Waals surface area contributed by atoms with Gasteiger partial charge in [-0.05, 0) is 64.7 Å². The number of unbranched alkanes of at least 4 members (excludes halogenated alkanes) is 9. The van der Waals surface area contributed by atoms with E-state index >= 15 is 0 Å². The average Bonchev–Trinajstić information content (AvgIpc) is 1.12. The van der Waals surface area contributed by atoms with Gasteiger partial charge in [-0.1, -0.05) is 66.2 Å². The van der Waals surface area contributed by atoms with Crippen LogP contribution in [0.15, 0.2) is 0 Å². The van der Waals surface area contributed by atoms with Crippen LogP contribution in [-0.4, -0.2) is 312 Å². The maximum absolute atomic E-state index is 13.8. The van der Waals surface area contributed by atoms with Gasteiger partial charge in [0.2, 0.25) is 5.91 Å². The van der Waals surface area contributed by atoms with Crippen LogP contribution < -0.4 is 5.32 Å². The average molecular weight is 1670 g/mol. The van der Waals surface area contributed by atoms with E-state index in [-0.39, 0.29) is 118 Å². The van der Waals surface area contributed by atoms with E-state index in [9.17, 15) is 98.0 Å². The van der Waals surface area contributed by atoms with Crippen molar-refractivity contribution < 1.29 is 186 Å². The molecule has 0 aliphatic carbocycles. The molecule has 23 atom stereocenters. The monoisotopic (exact) mass is 1670 g/mol. The number of aliphatic hydroxyl groups excluding tert-OH is 9. The van der Waals surface area contributed by atoms with Gasteiger partial charge in [0.15, 0.2) is 18.9 Å². The number of nitrogens with one attached hydrogen (secondary N) is 1. The van der Waals surface area contributed by atoms with Crippen LogP contribution in [0.3, 0.4) is 0 Å². The smallest absolute Gasteiger partial charge is 0.394 e. The van der Waals surface area contributed by atoms with Crippen molar-refractivity contribution in [3.63, 3.8) is 0 Å². The zero-order chi connectivity index (χ0) is 80.1. The molecule has 640 valence electrons. The van der Waals surface area contributed by atoms with Gasteiger partial charge in [0.1, 0.15) is 54.9 Å². The number of phosphoric acid groups is 4. The normalized spacial score (nSPS) is 31.2. The van der Waals surface area contributed by atoms with Crippen molar-refractivity contribution in [3.05, 3.63) is 0 Å². The van der Waals surface area contributed by atoms with Crippen LogP contribution in [0.2, 0.25) is 0 Å². The molecule has 4 aliphatic heterocycles. The summed E-state index contributed by atoms with van der Waals surface area (Å²) >= 11 is 0. The highest BCUT2D eigenvalue weighted by atomic mass is 31.2. The molecule has 0 aromatic carbocycles. The number of ether oxygens (including phenoxy) is 10. The Kier molecular flexibility index (Phi) is 47.5. The Morgan fingerprint density at radius 2 is 0.750 bits per heavy atom. The Hall–Kier alpha value is -0.700. The maximum Gasteiger partial charge on any atom is 0.472 e. The van der Waals surface area contributed by atoms with Crippen LogP contribution in [0.5, 0.6) is 0 Å². The van der Waals surface area contributed by atoms with E-state index in [1.165, 1.54) is 20.8 Å². The first-order valence-corrected chi connectivity index (χ1v) is 44.5. The summed E-state index contributed by atoms with van der Waals surface area (Å²) in [6.07, 6.45) is -10.1. The van der Waals surface area contributed by atoms with Crippen molar-refractivity contribution in [1.82, 2.24) is 5.32 Å². The van der Waals surface area contributed by atoms with E-state index in [4.69, 9.17) is 88.1 Å². The lowest BCUT2D eigenvalue weighted by atomic mass is 9.92. The molecular formula is C63H124NO39P5. The molecule has 1 amide bonds. The number of carbonyl (C=O) groups is 1. The molecular weight excluding hydrogens is 1550 g/mol. The molecule has 4 rings (SSSR count). The highest BCUT2D eigenvalue weighted by molar-refractivity contribution is 7.53. The maximum atomic E-state index is 13.8. The number of aliphatic hydroxyl groups is 9. The minimum absolute atomic E-state index is 0.00823. The molecule has 0 saturated carbocycles. The summed E-state index contributed by atoms with van der Waals surface area (Å²) in [5, 5.41) is 92.5. The Balaban J connectivity index is 1.34. The van der Waals surface area contributed by atoms with E-state index in [0.717, 1.165) is 0 Å². The summed E-state index contributed by atoms with van der Waals surface area (Å²) in [5.41, 5.74) is -2.34. The topological polar surface area (TPSA) is 573 Å². The molecule has 4 heterocycles. The van der Waals surface area contributed by atoms with E-state index in [1.807, 2.05) is 0 Å². The van der Waals surface area contributed by atoms with Gasteiger partial charge in [0.05, 0.1) is 128 Å². The molecule has 45 heteroatoms. The molecule has 4 fully saturated rings. The number of hydrogen-bond acceptors (Lipinski definition) is 34. The van der Waals surface area contributed by atoms with Gasteiger partial charge in [0.25, 0.3) is 0 Å². The quantitative estimate of drug-likeness (QED) is 0.0307. The lowest BCUT2D eigenvalue weighted by Gasteiger charge is -2.42. The SMILES string of the molecule is CC(=O)NC1[C@H](OCCCCCCOP(=O)(O)OCCCOCC(COCCCOP(=O)(O)OCCCCCCO[C@@H]2OC(CO)[C@H](O)[C@H](O)C2C)(COCCCOP(=O)(O)OCCCCCCO[C@@H]2OC(CO)[C@H](O)[C@H](O)C2C)COP(=O)(O)OCC2O[C@@H](C)C[C@@H]2OP(=O)(O)C(C)C)OC(CO)[C@H](O)[C@@H]1O. The highest BCUT2D eigenvalue weighted by Gasteiger charge is 2.48. The van der Waals surface area contributed by atoms with Crippen LogP contribution in [-0.2, 0) is 116 Å². The molecule has 15 N–H and O–H groups in total. The fraction of sp³-hybridized carbons (Fsp3) is 0.984. The van der Waals surface area contributed by atoms with Crippen molar-refractivity contribution >= 4 is 44.8 Å². The lowest BCUT2D eigenvalue weighted by Crippen LogP contribution is -2.64. The van der Waals surface area contributed by atoms with Gasteiger partial charge in [0, 0.05) is 64.8 Å². The molecule has 108 heavy (non-hydrogen) atoms. The summed E-state index contributed by atoms with van der Waals surface area (Å²) in [4.78, 5) is 64.8. The van der Waals surface area contributed by atoms with E-state index in [1.54, 1.807) is 20.8 Å². The van der Waals surface area contributed by atoms with Crippen molar-refractivity contribution in [2.75, 3.05) is 132 Å². The number of carbonyl (C=O) groups excluding carboxylic acids is 1. The van der Waals surface area contributed by atoms with E-state index < -0.39 is 206 Å². The van der Waals surface area contributed by atoms with Crippen LogP contribution in [0.4, 0.5) is 0 Å². The first kappa shape index (κ1) is 99.7. The van der Waals surface area contributed by atoms with Gasteiger partial charge in [-0.15, -0.1) is 0 Å². The van der Waals surface area contributed by atoms with Gasteiger partial charge in [-0.25, -0.2) is 18.3 Å². The van der Waals surface area contributed by atoms with E-state index in [2.05, 4.69) is 5.32 Å². The molecule has 0 spiro atoms. The zero-order valence-electron chi connectivity index (χ0n) is 62.6. The Bertz CT molecular complexity index is 2620. The Morgan fingerprint density at radius 1 is 0.417 bits per heavy atom. The molecule has 0 aromatic heterocycles. The van der Waals surface area contributed by atoms with Crippen molar-refractivity contribution in [2.24, 2.45) is 17.3 Å². The van der Waals surface area contributed by atoms with Gasteiger partial charge in [-0.2, -0.15) is 0 Å². The second-order valence-electron chi connectivity index (χ2n) is 27.6. The third-order valence-corrected chi connectivity index (χ3v) is 23.8. The fourth-order valence-electron chi connectivity index (χ4n) is 11.4. The molecule has 40 nitrogen and oxygen atoms in total. The predicted octanol–water partition coefficient (Wildman–Crippen LogP) is 2.71. The lowest BCUT2D eigenvalue weighted by molar-refractivity contribution is -0.282. The molecule has 0 aromatic rings. The number of hydrogen-bond donors (Lipinski definition) is 15. The van der Waals surface area contributed by atoms with Gasteiger partial charge in [-0.3, -0.25) is 45.5 Å². The predicted molar refractivity (Wildman–Crippen MR) is 377 cm³/mol. The van der Waals surface area contributed by atoms with Gasteiger partial charge >= 0.3 is 38.9 Å². The van der Waals surface area contributed by atoms with Crippen LogP contribution >= 0.6 is 38.9 Å². The molecule has 4 saturated heterocycles.